The average Bonchev–Trinajstić information content (AvgIpc) is 2.98. The second-order valence-electron chi connectivity index (χ2n) is 6.02. The van der Waals surface area contributed by atoms with E-state index in [4.69, 9.17) is 4.74 Å². The number of fused-ring (bicyclic) bond motifs is 1. The Labute approximate surface area is 147 Å². The zero-order valence-electron chi connectivity index (χ0n) is 14.6. The van der Waals surface area contributed by atoms with Crippen LogP contribution >= 0.6 is 0 Å². The number of aromatic nitrogens is 1. The van der Waals surface area contributed by atoms with Gasteiger partial charge in [0.2, 0.25) is 0 Å². The molecular weight excluding hydrogens is 314 g/mol. The number of hydrogen-bond acceptors (Lipinski definition) is 2. The fourth-order valence-corrected chi connectivity index (χ4v) is 2.66. The van der Waals surface area contributed by atoms with Crippen molar-refractivity contribution < 1.29 is 9.53 Å². The van der Waals surface area contributed by atoms with Gasteiger partial charge in [-0.15, -0.1) is 0 Å². The van der Waals surface area contributed by atoms with Crippen molar-refractivity contribution in [3.05, 3.63) is 54.2 Å². The van der Waals surface area contributed by atoms with Gasteiger partial charge in [-0.05, 0) is 55.8 Å². The topological polar surface area (TPSA) is 66.2 Å². The Balaban J connectivity index is 1.62. The summed E-state index contributed by atoms with van der Waals surface area (Å²) < 4.78 is 5.62. The molecule has 5 heteroatoms. The van der Waals surface area contributed by atoms with Gasteiger partial charge in [0.05, 0.1) is 12.3 Å². The molecule has 0 aliphatic rings. The Hall–Kier alpha value is -2.95. The number of amides is 2. The van der Waals surface area contributed by atoms with E-state index in [-0.39, 0.29) is 6.03 Å². The van der Waals surface area contributed by atoms with Gasteiger partial charge < -0.3 is 20.4 Å². The zero-order chi connectivity index (χ0) is 17.6. The summed E-state index contributed by atoms with van der Waals surface area (Å²) in [6, 6.07) is 14.9. The normalized spacial score (nSPS) is 10.6. The van der Waals surface area contributed by atoms with Crippen molar-refractivity contribution >= 4 is 28.3 Å². The lowest BCUT2D eigenvalue weighted by molar-refractivity contribution is 0.262. The first kappa shape index (κ1) is 16.9. The highest BCUT2D eigenvalue weighted by atomic mass is 16.5. The predicted octanol–water partition coefficient (Wildman–Crippen LogP) is 5.30. The lowest BCUT2D eigenvalue weighted by atomic mass is 10.2. The number of rotatable bonds is 6. The molecule has 0 fully saturated rings. The van der Waals surface area contributed by atoms with Gasteiger partial charge in [-0.2, -0.15) is 0 Å². The van der Waals surface area contributed by atoms with Gasteiger partial charge in [-0.1, -0.05) is 19.4 Å². The maximum absolute atomic E-state index is 12.3. The van der Waals surface area contributed by atoms with Crippen LogP contribution < -0.4 is 15.4 Å². The van der Waals surface area contributed by atoms with Crippen LogP contribution in [0.5, 0.6) is 5.75 Å². The number of ether oxygens (including phenoxy) is 1. The van der Waals surface area contributed by atoms with Crippen LogP contribution in [0.4, 0.5) is 16.2 Å². The standard InChI is InChI=1S/C20H23N3O2/c1-3-4-12-25-16-10-8-15(9-11-16)22-20(24)23-19-7-5-6-18-17(19)13-14(2)21-18/h5-11,13,21H,3-4,12H2,1-2H3,(H2,22,23,24). The molecular formula is C20H23N3O2. The molecule has 3 aromatic rings. The van der Waals surface area contributed by atoms with E-state index in [1.54, 1.807) is 0 Å². The van der Waals surface area contributed by atoms with Gasteiger partial charge in [-0.25, -0.2) is 4.79 Å². The third-order valence-electron chi connectivity index (χ3n) is 3.93. The summed E-state index contributed by atoms with van der Waals surface area (Å²) >= 11 is 0. The Morgan fingerprint density at radius 1 is 1.12 bits per heavy atom. The van der Waals surface area contributed by atoms with Gasteiger partial charge in [0, 0.05) is 22.3 Å². The number of hydrogen-bond donors (Lipinski definition) is 3. The fourth-order valence-electron chi connectivity index (χ4n) is 2.66. The molecule has 0 saturated carbocycles. The molecule has 5 nitrogen and oxygen atoms in total. The smallest absolute Gasteiger partial charge is 0.323 e. The predicted molar refractivity (Wildman–Crippen MR) is 103 cm³/mol. The number of carbonyl (C=O) groups excluding carboxylic acids is 1. The molecule has 3 rings (SSSR count). The summed E-state index contributed by atoms with van der Waals surface area (Å²) in [4.78, 5) is 15.5. The van der Waals surface area contributed by atoms with Crippen LogP contribution in [0.15, 0.2) is 48.5 Å². The molecule has 0 spiro atoms. The van der Waals surface area contributed by atoms with E-state index in [2.05, 4.69) is 22.5 Å². The van der Waals surface area contributed by atoms with E-state index in [9.17, 15) is 4.79 Å². The summed E-state index contributed by atoms with van der Waals surface area (Å²) in [5.41, 5.74) is 3.56. The molecule has 3 N–H and O–H groups in total. The van der Waals surface area contributed by atoms with Gasteiger partial charge in [0.15, 0.2) is 0 Å². The van der Waals surface area contributed by atoms with Crippen LogP contribution in [0.25, 0.3) is 10.9 Å². The minimum Gasteiger partial charge on any atom is -0.494 e. The molecule has 0 atom stereocenters. The Kier molecular flexibility index (Phi) is 5.23. The Morgan fingerprint density at radius 3 is 2.68 bits per heavy atom. The van der Waals surface area contributed by atoms with E-state index in [0.717, 1.165) is 46.6 Å². The van der Waals surface area contributed by atoms with Gasteiger partial charge in [0.25, 0.3) is 0 Å². The Bertz CT molecular complexity index is 853. The van der Waals surface area contributed by atoms with Crippen molar-refractivity contribution in [2.45, 2.75) is 26.7 Å². The minimum atomic E-state index is -0.272. The number of anilines is 2. The van der Waals surface area contributed by atoms with Crippen molar-refractivity contribution in [3.8, 4) is 5.75 Å². The molecule has 0 aliphatic heterocycles. The van der Waals surface area contributed by atoms with Crippen molar-refractivity contribution in [1.82, 2.24) is 4.98 Å². The lowest BCUT2D eigenvalue weighted by Gasteiger charge is -2.10. The maximum atomic E-state index is 12.3. The van der Waals surface area contributed by atoms with E-state index in [0.29, 0.717) is 6.61 Å². The van der Waals surface area contributed by atoms with Crippen molar-refractivity contribution in [2.75, 3.05) is 17.2 Å². The van der Waals surface area contributed by atoms with Crippen molar-refractivity contribution in [3.63, 3.8) is 0 Å². The van der Waals surface area contributed by atoms with E-state index in [1.807, 2.05) is 55.5 Å². The van der Waals surface area contributed by atoms with Crippen LogP contribution in [0.1, 0.15) is 25.5 Å². The molecule has 2 aromatic carbocycles. The molecule has 0 aliphatic carbocycles. The number of aromatic amines is 1. The molecule has 0 bridgehead atoms. The quantitative estimate of drug-likeness (QED) is 0.534. The summed E-state index contributed by atoms with van der Waals surface area (Å²) in [6.45, 7) is 4.84. The third kappa shape index (κ3) is 4.32. The van der Waals surface area contributed by atoms with Crippen LogP contribution in [0.3, 0.4) is 0 Å². The molecule has 25 heavy (non-hydrogen) atoms. The van der Waals surface area contributed by atoms with Crippen LogP contribution in [0, 0.1) is 6.92 Å². The third-order valence-corrected chi connectivity index (χ3v) is 3.93. The SMILES string of the molecule is CCCCOc1ccc(NC(=O)Nc2cccc3[nH]c(C)cc23)cc1. The highest BCUT2D eigenvalue weighted by molar-refractivity contribution is 6.05. The number of unbranched alkanes of at least 4 members (excludes halogenated alkanes) is 1. The number of nitrogens with one attached hydrogen (secondary N) is 3. The Morgan fingerprint density at radius 2 is 1.92 bits per heavy atom. The highest BCUT2D eigenvalue weighted by Crippen LogP contribution is 2.24. The lowest BCUT2D eigenvalue weighted by Crippen LogP contribution is -2.19. The highest BCUT2D eigenvalue weighted by Gasteiger charge is 2.07. The van der Waals surface area contributed by atoms with Crippen LogP contribution in [-0.2, 0) is 0 Å². The first-order chi connectivity index (χ1) is 12.2. The number of aryl methyl sites for hydroxylation is 1. The molecule has 130 valence electrons. The summed E-state index contributed by atoms with van der Waals surface area (Å²) in [6.07, 6.45) is 2.14. The molecule has 0 unspecified atom stereocenters. The number of benzene rings is 2. The summed E-state index contributed by atoms with van der Waals surface area (Å²) in [5.74, 6) is 0.812. The van der Waals surface area contributed by atoms with Crippen molar-refractivity contribution in [2.24, 2.45) is 0 Å². The molecule has 0 radical (unpaired) electrons. The van der Waals surface area contributed by atoms with E-state index >= 15 is 0 Å². The maximum Gasteiger partial charge on any atom is 0.323 e. The van der Waals surface area contributed by atoms with Crippen LogP contribution in [-0.4, -0.2) is 17.6 Å². The van der Waals surface area contributed by atoms with Crippen LogP contribution in [0.2, 0.25) is 0 Å². The molecule has 2 amide bonds. The monoisotopic (exact) mass is 337 g/mol. The van der Waals surface area contributed by atoms with Gasteiger partial charge in [0.1, 0.15) is 5.75 Å². The number of carbonyl (C=O) groups is 1. The largest absolute Gasteiger partial charge is 0.494 e. The van der Waals surface area contributed by atoms with Gasteiger partial charge >= 0.3 is 6.03 Å². The van der Waals surface area contributed by atoms with E-state index < -0.39 is 0 Å². The second kappa shape index (κ2) is 7.75. The molecule has 0 saturated heterocycles. The molecule has 1 aromatic heterocycles. The van der Waals surface area contributed by atoms with E-state index in [1.165, 1.54) is 0 Å². The summed E-state index contributed by atoms with van der Waals surface area (Å²) in [7, 11) is 0. The first-order valence-corrected chi connectivity index (χ1v) is 8.55. The average molecular weight is 337 g/mol. The molecule has 1 heterocycles. The second-order valence-corrected chi connectivity index (χ2v) is 6.02. The number of urea groups is 1. The minimum absolute atomic E-state index is 0.272. The zero-order valence-corrected chi connectivity index (χ0v) is 14.6. The first-order valence-electron chi connectivity index (χ1n) is 8.55. The number of H-pyrrole nitrogens is 1. The fraction of sp³-hybridized carbons (Fsp3) is 0.250. The van der Waals surface area contributed by atoms with Gasteiger partial charge in [-0.3, -0.25) is 0 Å². The summed E-state index contributed by atoms with van der Waals surface area (Å²) in [5, 5.41) is 6.74. The van der Waals surface area contributed by atoms with Crippen molar-refractivity contribution in [1.29, 1.82) is 0 Å².